The van der Waals surface area contributed by atoms with Gasteiger partial charge in [0.15, 0.2) is 0 Å². The predicted molar refractivity (Wildman–Crippen MR) is 74.2 cm³/mol. The van der Waals surface area contributed by atoms with Crippen LogP contribution in [0.3, 0.4) is 0 Å². The van der Waals surface area contributed by atoms with E-state index in [1.807, 2.05) is 0 Å². The molecule has 0 radical (unpaired) electrons. The van der Waals surface area contributed by atoms with E-state index < -0.39 is 17.9 Å². The SMILES string of the molecule is CCCC1CCCN(C(=O)NC(=O)CCC(=O)O)CC1. The first-order chi connectivity index (χ1) is 9.52. The van der Waals surface area contributed by atoms with Crippen molar-refractivity contribution in [3.63, 3.8) is 0 Å². The molecule has 0 aromatic carbocycles. The van der Waals surface area contributed by atoms with Gasteiger partial charge in [-0.05, 0) is 25.2 Å². The Morgan fingerprint density at radius 3 is 2.60 bits per heavy atom. The zero-order chi connectivity index (χ0) is 15.0. The third-order valence-corrected chi connectivity index (χ3v) is 3.64. The standard InChI is InChI=1S/C14H24N2O4/c1-2-4-11-5-3-9-16(10-8-11)14(20)15-12(17)6-7-13(18)19/h11H,2-10H2,1H3,(H,18,19)(H,15,17,20). The summed E-state index contributed by atoms with van der Waals surface area (Å²) in [5.74, 6) is -0.892. The normalized spacial score (nSPS) is 19.2. The fraction of sp³-hybridized carbons (Fsp3) is 0.786. The van der Waals surface area contributed by atoms with E-state index in [2.05, 4.69) is 12.2 Å². The molecule has 0 saturated carbocycles. The molecular formula is C14H24N2O4. The smallest absolute Gasteiger partial charge is 0.324 e. The van der Waals surface area contributed by atoms with Gasteiger partial charge in [0.25, 0.3) is 0 Å². The Hall–Kier alpha value is -1.59. The number of hydrogen-bond acceptors (Lipinski definition) is 3. The largest absolute Gasteiger partial charge is 0.481 e. The van der Waals surface area contributed by atoms with Gasteiger partial charge in [0.05, 0.1) is 6.42 Å². The van der Waals surface area contributed by atoms with Crippen molar-refractivity contribution in [3.8, 4) is 0 Å². The van der Waals surface area contributed by atoms with Gasteiger partial charge < -0.3 is 10.0 Å². The number of likely N-dealkylation sites (tertiary alicyclic amines) is 1. The minimum atomic E-state index is -1.04. The Labute approximate surface area is 119 Å². The Balaban J connectivity index is 2.35. The van der Waals surface area contributed by atoms with Crippen LogP contribution in [0.2, 0.25) is 0 Å². The van der Waals surface area contributed by atoms with E-state index >= 15 is 0 Å². The van der Waals surface area contributed by atoms with Crippen molar-refractivity contribution in [3.05, 3.63) is 0 Å². The second-order valence-corrected chi connectivity index (χ2v) is 5.32. The number of nitrogens with one attached hydrogen (secondary N) is 1. The number of amides is 3. The minimum Gasteiger partial charge on any atom is -0.481 e. The molecule has 0 aromatic rings. The van der Waals surface area contributed by atoms with Gasteiger partial charge in [0, 0.05) is 19.5 Å². The number of urea groups is 1. The molecule has 1 rings (SSSR count). The molecule has 1 aliphatic heterocycles. The Bertz CT molecular complexity index is 357. The first-order valence-electron chi connectivity index (χ1n) is 7.33. The van der Waals surface area contributed by atoms with Crippen LogP contribution in [0.5, 0.6) is 0 Å². The Morgan fingerprint density at radius 1 is 1.20 bits per heavy atom. The molecule has 3 amide bonds. The monoisotopic (exact) mass is 284 g/mol. The van der Waals surface area contributed by atoms with E-state index in [0.29, 0.717) is 19.0 Å². The maximum Gasteiger partial charge on any atom is 0.324 e. The van der Waals surface area contributed by atoms with Crippen LogP contribution in [0.4, 0.5) is 4.79 Å². The molecule has 0 bridgehead atoms. The average molecular weight is 284 g/mol. The van der Waals surface area contributed by atoms with Crippen molar-refractivity contribution in [2.75, 3.05) is 13.1 Å². The van der Waals surface area contributed by atoms with Crippen LogP contribution >= 0.6 is 0 Å². The molecule has 114 valence electrons. The van der Waals surface area contributed by atoms with Crippen molar-refractivity contribution in [1.82, 2.24) is 10.2 Å². The molecule has 6 nitrogen and oxygen atoms in total. The van der Waals surface area contributed by atoms with Crippen LogP contribution in [-0.2, 0) is 9.59 Å². The van der Waals surface area contributed by atoms with Gasteiger partial charge in [-0.3, -0.25) is 14.9 Å². The van der Waals surface area contributed by atoms with Gasteiger partial charge in [-0.1, -0.05) is 19.8 Å². The molecule has 1 heterocycles. The zero-order valence-electron chi connectivity index (χ0n) is 12.1. The number of nitrogens with zero attached hydrogens (tertiary/aromatic N) is 1. The van der Waals surface area contributed by atoms with Gasteiger partial charge in [-0.15, -0.1) is 0 Å². The maximum absolute atomic E-state index is 11.9. The summed E-state index contributed by atoms with van der Waals surface area (Å²) in [7, 11) is 0. The molecule has 1 unspecified atom stereocenters. The molecule has 2 N–H and O–H groups in total. The molecule has 1 saturated heterocycles. The van der Waals surface area contributed by atoms with Crippen molar-refractivity contribution in [2.24, 2.45) is 5.92 Å². The highest BCUT2D eigenvalue weighted by Crippen LogP contribution is 2.21. The van der Waals surface area contributed by atoms with Gasteiger partial charge in [0.2, 0.25) is 5.91 Å². The number of carboxylic acids is 1. The third kappa shape index (κ3) is 6.04. The van der Waals surface area contributed by atoms with Crippen molar-refractivity contribution < 1.29 is 19.5 Å². The third-order valence-electron chi connectivity index (χ3n) is 3.64. The average Bonchev–Trinajstić information content (AvgIpc) is 2.62. The summed E-state index contributed by atoms with van der Waals surface area (Å²) in [4.78, 5) is 35.4. The number of aliphatic carboxylic acids is 1. The van der Waals surface area contributed by atoms with Crippen LogP contribution in [0, 0.1) is 5.92 Å². The summed E-state index contributed by atoms with van der Waals surface area (Å²) >= 11 is 0. The van der Waals surface area contributed by atoms with Crippen LogP contribution < -0.4 is 5.32 Å². The highest BCUT2D eigenvalue weighted by molar-refractivity contribution is 5.95. The molecule has 0 aliphatic carbocycles. The van der Waals surface area contributed by atoms with Crippen LogP contribution in [0.25, 0.3) is 0 Å². The van der Waals surface area contributed by atoms with Crippen molar-refractivity contribution in [1.29, 1.82) is 0 Å². The van der Waals surface area contributed by atoms with Gasteiger partial charge in [-0.25, -0.2) is 4.79 Å². The van der Waals surface area contributed by atoms with E-state index in [0.717, 1.165) is 25.7 Å². The number of hydrogen-bond donors (Lipinski definition) is 2. The van der Waals surface area contributed by atoms with E-state index in [1.165, 1.54) is 6.42 Å². The second-order valence-electron chi connectivity index (χ2n) is 5.32. The zero-order valence-corrected chi connectivity index (χ0v) is 12.1. The number of imide groups is 1. The summed E-state index contributed by atoms with van der Waals surface area (Å²) < 4.78 is 0. The fourth-order valence-corrected chi connectivity index (χ4v) is 2.55. The van der Waals surface area contributed by atoms with E-state index in [-0.39, 0.29) is 12.8 Å². The van der Waals surface area contributed by atoms with E-state index in [4.69, 9.17) is 5.11 Å². The van der Waals surface area contributed by atoms with Crippen molar-refractivity contribution in [2.45, 2.75) is 51.9 Å². The Morgan fingerprint density at radius 2 is 1.95 bits per heavy atom. The molecule has 1 aliphatic rings. The lowest BCUT2D eigenvalue weighted by atomic mass is 9.96. The lowest BCUT2D eigenvalue weighted by Gasteiger charge is -2.20. The number of carbonyl (C=O) groups excluding carboxylic acids is 2. The predicted octanol–water partition coefficient (Wildman–Crippen LogP) is 1.99. The molecule has 0 aromatic heterocycles. The van der Waals surface area contributed by atoms with E-state index in [9.17, 15) is 14.4 Å². The lowest BCUT2D eigenvalue weighted by Crippen LogP contribution is -2.43. The summed E-state index contributed by atoms with van der Waals surface area (Å²) in [5, 5.41) is 10.8. The molecule has 20 heavy (non-hydrogen) atoms. The Kier molecular flexibility index (Phi) is 7.04. The van der Waals surface area contributed by atoms with Crippen LogP contribution in [0.1, 0.15) is 51.9 Å². The van der Waals surface area contributed by atoms with Gasteiger partial charge in [-0.2, -0.15) is 0 Å². The number of carboxylic acid groups (broad SMARTS) is 1. The van der Waals surface area contributed by atoms with E-state index in [1.54, 1.807) is 4.90 Å². The highest BCUT2D eigenvalue weighted by atomic mass is 16.4. The first-order valence-corrected chi connectivity index (χ1v) is 7.33. The number of rotatable bonds is 5. The molecule has 0 spiro atoms. The molecular weight excluding hydrogens is 260 g/mol. The van der Waals surface area contributed by atoms with Crippen LogP contribution in [0.15, 0.2) is 0 Å². The van der Waals surface area contributed by atoms with Crippen LogP contribution in [-0.4, -0.2) is 41.0 Å². The van der Waals surface area contributed by atoms with Gasteiger partial charge in [0.1, 0.15) is 0 Å². The first kappa shape index (κ1) is 16.5. The maximum atomic E-state index is 11.9. The molecule has 1 fully saturated rings. The quantitative estimate of drug-likeness (QED) is 0.808. The summed E-state index contributed by atoms with van der Waals surface area (Å²) in [6, 6.07) is -0.391. The number of carbonyl (C=O) groups is 3. The fourth-order valence-electron chi connectivity index (χ4n) is 2.55. The summed E-state index contributed by atoms with van der Waals surface area (Å²) in [6.45, 7) is 3.50. The highest BCUT2D eigenvalue weighted by Gasteiger charge is 2.21. The summed E-state index contributed by atoms with van der Waals surface area (Å²) in [5.41, 5.74) is 0. The molecule has 1 atom stereocenters. The topological polar surface area (TPSA) is 86.7 Å². The molecule has 6 heteroatoms. The lowest BCUT2D eigenvalue weighted by molar-refractivity contribution is -0.138. The minimum absolute atomic E-state index is 0.159. The van der Waals surface area contributed by atoms with Crippen molar-refractivity contribution >= 4 is 17.9 Å². The second kappa shape index (κ2) is 8.55. The van der Waals surface area contributed by atoms with Gasteiger partial charge >= 0.3 is 12.0 Å². The summed E-state index contributed by atoms with van der Waals surface area (Å²) in [6.07, 6.45) is 5.00.